The van der Waals surface area contributed by atoms with E-state index in [0.717, 1.165) is 36.8 Å². The molecule has 0 aromatic heterocycles. The van der Waals surface area contributed by atoms with Gasteiger partial charge in [0.15, 0.2) is 5.78 Å². The average molecular weight is 407 g/mol. The Hall–Kier alpha value is -1.96. The molecule has 0 heterocycles. The van der Waals surface area contributed by atoms with Gasteiger partial charge in [-0.1, -0.05) is 63.4 Å². The van der Waals surface area contributed by atoms with Gasteiger partial charge in [0.25, 0.3) is 0 Å². The zero-order valence-electron chi connectivity index (χ0n) is 18.6. The van der Waals surface area contributed by atoms with Crippen molar-refractivity contribution < 1.29 is 9.18 Å². The molecule has 3 aliphatic carbocycles. The lowest BCUT2D eigenvalue weighted by molar-refractivity contribution is 0.0556. The largest absolute Gasteiger partial charge is 0.294 e. The van der Waals surface area contributed by atoms with Gasteiger partial charge in [-0.05, 0) is 84.6 Å². The van der Waals surface area contributed by atoms with E-state index in [1.54, 1.807) is 6.07 Å². The molecule has 2 heteroatoms. The van der Waals surface area contributed by atoms with Gasteiger partial charge in [-0.15, -0.1) is 0 Å². The molecule has 0 amide bonds. The predicted molar refractivity (Wildman–Crippen MR) is 122 cm³/mol. The van der Waals surface area contributed by atoms with E-state index < -0.39 is 5.82 Å². The van der Waals surface area contributed by atoms with Crippen molar-refractivity contribution in [3.8, 4) is 11.1 Å². The molecule has 3 aliphatic rings. The maximum absolute atomic E-state index is 14.7. The Balaban J connectivity index is 1.46. The van der Waals surface area contributed by atoms with Crippen molar-refractivity contribution in [2.24, 2.45) is 5.41 Å². The average Bonchev–Trinajstić information content (AvgIpc) is 2.77. The number of hydrogen-bond acceptors (Lipinski definition) is 1. The Morgan fingerprint density at radius 3 is 2.10 bits per heavy atom. The summed E-state index contributed by atoms with van der Waals surface area (Å²) in [7, 11) is 0. The zero-order chi connectivity index (χ0) is 21.2. The van der Waals surface area contributed by atoms with Crippen LogP contribution in [0.5, 0.6) is 0 Å². The van der Waals surface area contributed by atoms with Crippen LogP contribution >= 0.6 is 0 Å². The molecule has 1 nitrogen and oxygen atoms in total. The third-order valence-electron chi connectivity index (χ3n) is 7.98. The maximum Gasteiger partial charge on any atom is 0.165 e. The van der Waals surface area contributed by atoms with E-state index in [0.29, 0.717) is 17.3 Å². The number of halogens is 1. The van der Waals surface area contributed by atoms with Gasteiger partial charge >= 0.3 is 0 Å². The van der Waals surface area contributed by atoms with Gasteiger partial charge < -0.3 is 0 Å². The summed E-state index contributed by atoms with van der Waals surface area (Å²) < 4.78 is 14.7. The van der Waals surface area contributed by atoms with E-state index in [2.05, 4.69) is 38.1 Å². The molecule has 2 aromatic carbocycles. The van der Waals surface area contributed by atoms with Gasteiger partial charge in [-0.3, -0.25) is 4.79 Å². The quantitative estimate of drug-likeness (QED) is 0.318. The maximum atomic E-state index is 14.7. The Morgan fingerprint density at radius 1 is 0.867 bits per heavy atom. The number of fused-ring (bicyclic) bond motifs is 3. The van der Waals surface area contributed by atoms with Crippen molar-refractivity contribution >= 4 is 5.78 Å². The van der Waals surface area contributed by atoms with Crippen LogP contribution in [0.15, 0.2) is 42.5 Å². The minimum atomic E-state index is -0.394. The molecule has 0 spiro atoms. The molecule has 0 saturated heterocycles. The summed E-state index contributed by atoms with van der Waals surface area (Å²) in [6.07, 6.45) is 12.5. The molecule has 2 aromatic rings. The van der Waals surface area contributed by atoms with Crippen molar-refractivity contribution in [2.45, 2.75) is 89.9 Å². The van der Waals surface area contributed by atoms with Gasteiger partial charge in [-0.25, -0.2) is 4.39 Å². The third kappa shape index (κ3) is 4.24. The highest BCUT2D eigenvalue weighted by Crippen LogP contribution is 2.57. The van der Waals surface area contributed by atoms with Crippen molar-refractivity contribution in [1.29, 1.82) is 0 Å². The van der Waals surface area contributed by atoms with Crippen LogP contribution in [0.3, 0.4) is 0 Å². The van der Waals surface area contributed by atoms with Gasteiger partial charge in [0, 0.05) is 6.42 Å². The van der Waals surface area contributed by atoms with Crippen molar-refractivity contribution in [3.63, 3.8) is 0 Å². The highest BCUT2D eigenvalue weighted by molar-refractivity contribution is 5.96. The second-order valence-corrected chi connectivity index (χ2v) is 10.1. The van der Waals surface area contributed by atoms with E-state index in [1.165, 1.54) is 50.2 Å². The first kappa shape index (κ1) is 21.3. The molecule has 0 aliphatic heterocycles. The van der Waals surface area contributed by atoms with Crippen LogP contribution in [0.4, 0.5) is 4.39 Å². The molecule has 160 valence electrons. The predicted octanol–water partition coefficient (Wildman–Crippen LogP) is 8.26. The van der Waals surface area contributed by atoms with E-state index >= 15 is 0 Å². The molecule has 2 bridgehead atoms. The summed E-state index contributed by atoms with van der Waals surface area (Å²) in [4.78, 5) is 12.4. The minimum absolute atomic E-state index is 0.0776. The third-order valence-corrected chi connectivity index (χ3v) is 7.98. The second-order valence-electron chi connectivity index (χ2n) is 10.1. The Kier molecular flexibility index (Phi) is 6.14. The van der Waals surface area contributed by atoms with Crippen molar-refractivity contribution in [1.82, 2.24) is 0 Å². The molecule has 0 N–H and O–H groups in total. The van der Waals surface area contributed by atoms with Crippen molar-refractivity contribution in [3.05, 3.63) is 59.4 Å². The molecule has 3 saturated carbocycles. The number of unbranched alkanes of at least 4 members (excludes halogenated alkanes) is 3. The van der Waals surface area contributed by atoms with Crippen LogP contribution in [0, 0.1) is 11.2 Å². The Bertz CT molecular complexity index is 871. The van der Waals surface area contributed by atoms with E-state index in [-0.39, 0.29) is 11.3 Å². The van der Waals surface area contributed by atoms with Crippen molar-refractivity contribution in [2.75, 3.05) is 0 Å². The number of rotatable bonds is 8. The zero-order valence-corrected chi connectivity index (χ0v) is 18.6. The van der Waals surface area contributed by atoms with Crippen LogP contribution in [-0.2, 0) is 5.41 Å². The van der Waals surface area contributed by atoms with E-state index in [9.17, 15) is 9.18 Å². The summed E-state index contributed by atoms with van der Waals surface area (Å²) >= 11 is 0. The fourth-order valence-electron chi connectivity index (χ4n) is 5.59. The summed E-state index contributed by atoms with van der Waals surface area (Å²) in [6, 6.07) is 13.9. The summed E-state index contributed by atoms with van der Waals surface area (Å²) in [6.45, 7) is 4.60. The molecule has 0 radical (unpaired) electrons. The number of Topliss-reactive ketones (excluding diaryl/α,β-unsaturated/α-hetero) is 1. The normalized spacial score (nSPS) is 25.4. The molecule has 30 heavy (non-hydrogen) atoms. The first-order valence-corrected chi connectivity index (χ1v) is 11.9. The lowest BCUT2D eigenvalue weighted by Crippen LogP contribution is -2.42. The number of ketones is 1. The molecule has 0 atom stereocenters. The van der Waals surface area contributed by atoms with Crippen LogP contribution in [-0.4, -0.2) is 5.78 Å². The number of carbonyl (C=O) groups is 1. The highest BCUT2D eigenvalue weighted by Gasteiger charge is 2.46. The molecular formula is C28H35FO. The molecule has 3 fully saturated rings. The second kappa shape index (κ2) is 8.65. The summed E-state index contributed by atoms with van der Waals surface area (Å²) in [5.41, 5.74) is 4.49. The lowest BCUT2D eigenvalue weighted by Gasteiger charge is -2.52. The molecule has 5 rings (SSSR count). The monoisotopic (exact) mass is 406 g/mol. The van der Waals surface area contributed by atoms with Crippen LogP contribution < -0.4 is 0 Å². The smallest absolute Gasteiger partial charge is 0.165 e. The van der Waals surface area contributed by atoms with Crippen LogP contribution in [0.1, 0.15) is 100 Å². The molecule has 0 unspecified atom stereocenters. The van der Waals surface area contributed by atoms with Crippen LogP contribution in [0.2, 0.25) is 0 Å². The fourth-order valence-corrected chi connectivity index (χ4v) is 5.59. The standard InChI is InChI=1S/C28H35FO/c1-3-4-5-6-7-26(30)24-13-10-22(20-25(24)29)21-8-11-23(12-9-21)28-17-14-27(2,15-18-28)16-19-28/h8-13,20H,3-7,14-19H2,1-2H3. The number of benzene rings is 2. The molecular weight excluding hydrogens is 371 g/mol. The first-order chi connectivity index (χ1) is 14.4. The first-order valence-electron chi connectivity index (χ1n) is 11.9. The summed E-state index contributed by atoms with van der Waals surface area (Å²) in [5.74, 6) is -0.472. The topological polar surface area (TPSA) is 17.1 Å². The Morgan fingerprint density at radius 2 is 1.50 bits per heavy atom. The highest BCUT2D eigenvalue weighted by atomic mass is 19.1. The lowest BCUT2D eigenvalue weighted by atomic mass is 9.52. The Labute approximate surface area is 181 Å². The summed E-state index contributed by atoms with van der Waals surface area (Å²) in [5, 5.41) is 0. The van der Waals surface area contributed by atoms with E-state index in [4.69, 9.17) is 0 Å². The number of hydrogen-bond donors (Lipinski definition) is 0. The van der Waals surface area contributed by atoms with Gasteiger partial charge in [0.1, 0.15) is 5.82 Å². The van der Waals surface area contributed by atoms with E-state index in [1.807, 2.05) is 6.07 Å². The van der Waals surface area contributed by atoms with Gasteiger partial charge in [-0.2, -0.15) is 0 Å². The SMILES string of the molecule is CCCCCCC(=O)c1ccc(-c2ccc(C34CCC(C)(CC3)CC4)cc2)cc1F. The number of carbonyl (C=O) groups excluding carboxylic acids is 1. The fraction of sp³-hybridized carbons (Fsp3) is 0.536. The van der Waals surface area contributed by atoms with Gasteiger partial charge in [0.05, 0.1) is 5.56 Å². The van der Waals surface area contributed by atoms with Gasteiger partial charge in [0.2, 0.25) is 0 Å². The minimum Gasteiger partial charge on any atom is -0.294 e. The van der Waals surface area contributed by atoms with Crippen LogP contribution in [0.25, 0.3) is 11.1 Å².